The van der Waals surface area contributed by atoms with Crippen LogP contribution in [-0.4, -0.2) is 33.9 Å². The van der Waals surface area contributed by atoms with Crippen LogP contribution < -0.4 is 5.73 Å². The van der Waals surface area contributed by atoms with Crippen molar-refractivity contribution in [3.05, 3.63) is 33.1 Å². The van der Waals surface area contributed by atoms with Gasteiger partial charge in [0.15, 0.2) is 0 Å². The molecule has 1 aromatic heterocycles. The van der Waals surface area contributed by atoms with Crippen LogP contribution in [0.15, 0.2) is 6.20 Å². The first-order chi connectivity index (χ1) is 8.49. The van der Waals surface area contributed by atoms with Crippen molar-refractivity contribution in [2.24, 2.45) is 5.73 Å². The van der Waals surface area contributed by atoms with Crippen molar-refractivity contribution in [2.45, 2.75) is 32.9 Å². The highest BCUT2D eigenvalue weighted by molar-refractivity contribution is 5.47. The fourth-order valence-corrected chi connectivity index (χ4v) is 2.42. The lowest BCUT2D eigenvalue weighted by Gasteiger charge is -2.16. The Morgan fingerprint density at radius 1 is 1.61 bits per heavy atom. The predicted octanol–water partition coefficient (Wildman–Crippen LogP) is 1.14. The van der Waals surface area contributed by atoms with Gasteiger partial charge in [0, 0.05) is 43.0 Å². The number of nitrogens with zero attached hydrogens (tertiary/aromatic N) is 3. The molecule has 2 heterocycles. The predicted molar refractivity (Wildman–Crippen MR) is 68.2 cm³/mol. The van der Waals surface area contributed by atoms with Gasteiger partial charge in [0.25, 0.3) is 5.69 Å². The Hall–Kier alpha value is -1.53. The average molecular weight is 250 g/mol. The number of hydrogen-bond donors (Lipinski definition) is 1. The number of pyridine rings is 1. The summed E-state index contributed by atoms with van der Waals surface area (Å²) in [5.41, 5.74) is 8.09. The maximum absolute atomic E-state index is 11.0. The molecule has 1 saturated heterocycles. The Morgan fingerprint density at radius 3 is 2.89 bits per heavy atom. The maximum atomic E-state index is 11.0. The van der Waals surface area contributed by atoms with Crippen LogP contribution in [0.2, 0.25) is 0 Å². The quantitative estimate of drug-likeness (QED) is 0.642. The fraction of sp³-hybridized carbons (Fsp3) is 0.583. The van der Waals surface area contributed by atoms with E-state index in [1.54, 1.807) is 20.0 Å². The van der Waals surface area contributed by atoms with Crippen molar-refractivity contribution in [3.63, 3.8) is 0 Å². The summed E-state index contributed by atoms with van der Waals surface area (Å²) in [6.45, 7) is 5.89. The van der Waals surface area contributed by atoms with E-state index in [2.05, 4.69) is 9.88 Å². The van der Waals surface area contributed by atoms with Gasteiger partial charge in [0.1, 0.15) is 0 Å². The van der Waals surface area contributed by atoms with Gasteiger partial charge in [-0.1, -0.05) is 0 Å². The average Bonchev–Trinajstić information content (AvgIpc) is 2.68. The largest absolute Gasteiger partial charge is 0.326 e. The molecule has 1 aliphatic heterocycles. The van der Waals surface area contributed by atoms with Crippen LogP contribution in [0, 0.1) is 24.0 Å². The van der Waals surface area contributed by atoms with Crippen molar-refractivity contribution in [1.29, 1.82) is 0 Å². The molecule has 18 heavy (non-hydrogen) atoms. The smallest absolute Gasteiger partial charge is 0.278 e. The van der Waals surface area contributed by atoms with E-state index in [9.17, 15) is 10.1 Å². The monoisotopic (exact) mass is 250 g/mol. The third-order valence-corrected chi connectivity index (χ3v) is 3.44. The topological polar surface area (TPSA) is 85.3 Å². The van der Waals surface area contributed by atoms with Crippen LogP contribution in [0.3, 0.4) is 0 Å². The van der Waals surface area contributed by atoms with E-state index in [0.29, 0.717) is 17.7 Å². The van der Waals surface area contributed by atoms with Crippen LogP contribution in [0.25, 0.3) is 0 Å². The van der Waals surface area contributed by atoms with E-state index in [1.165, 1.54) is 0 Å². The Labute approximate surface area is 106 Å². The summed E-state index contributed by atoms with van der Waals surface area (Å²) in [5, 5.41) is 11.0. The first kappa shape index (κ1) is 12.9. The van der Waals surface area contributed by atoms with Crippen molar-refractivity contribution >= 4 is 5.69 Å². The van der Waals surface area contributed by atoms with Crippen molar-refractivity contribution in [2.75, 3.05) is 13.1 Å². The van der Waals surface area contributed by atoms with Crippen LogP contribution in [0.5, 0.6) is 0 Å². The third kappa shape index (κ3) is 2.49. The molecule has 1 aromatic rings. The number of likely N-dealkylation sites (tertiary alicyclic amines) is 1. The molecule has 1 fully saturated rings. The summed E-state index contributed by atoms with van der Waals surface area (Å²) in [7, 11) is 0. The van der Waals surface area contributed by atoms with E-state index >= 15 is 0 Å². The molecule has 0 unspecified atom stereocenters. The van der Waals surface area contributed by atoms with Gasteiger partial charge in [0.2, 0.25) is 0 Å². The van der Waals surface area contributed by atoms with E-state index in [-0.39, 0.29) is 16.7 Å². The number of hydrogen-bond acceptors (Lipinski definition) is 5. The second-order valence-electron chi connectivity index (χ2n) is 4.90. The summed E-state index contributed by atoms with van der Waals surface area (Å²) >= 11 is 0. The first-order valence-electron chi connectivity index (χ1n) is 6.06. The number of aryl methyl sites for hydroxylation is 1. The molecule has 1 aliphatic rings. The maximum Gasteiger partial charge on any atom is 0.278 e. The first-order valence-corrected chi connectivity index (χ1v) is 6.06. The molecule has 6 heteroatoms. The van der Waals surface area contributed by atoms with Gasteiger partial charge in [-0.05, 0) is 20.3 Å². The minimum atomic E-state index is -0.328. The molecule has 0 spiro atoms. The molecule has 2 N–H and O–H groups in total. The van der Waals surface area contributed by atoms with E-state index < -0.39 is 0 Å². The molecule has 0 saturated carbocycles. The van der Waals surface area contributed by atoms with Gasteiger partial charge in [-0.2, -0.15) is 0 Å². The Kier molecular flexibility index (Phi) is 3.58. The van der Waals surface area contributed by atoms with Crippen LogP contribution >= 0.6 is 0 Å². The Morgan fingerprint density at radius 2 is 2.33 bits per heavy atom. The van der Waals surface area contributed by atoms with Gasteiger partial charge in [0.05, 0.1) is 10.6 Å². The van der Waals surface area contributed by atoms with Gasteiger partial charge in [-0.15, -0.1) is 0 Å². The standard InChI is InChI=1S/C12H18N4O2/c1-8-5-14-11(9(2)12(8)16(17)18)7-15-4-3-10(13)6-15/h5,10H,3-4,6-7,13H2,1-2H3/t10-/m1/s1. The molecular weight excluding hydrogens is 232 g/mol. The normalized spacial score (nSPS) is 20.3. The van der Waals surface area contributed by atoms with Crippen molar-refractivity contribution < 1.29 is 4.92 Å². The van der Waals surface area contributed by atoms with Crippen LogP contribution in [0.1, 0.15) is 23.2 Å². The summed E-state index contributed by atoms with van der Waals surface area (Å²) in [6.07, 6.45) is 2.56. The lowest BCUT2D eigenvalue weighted by Crippen LogP contribution is -2.26. The highest BCUT2D eigenvalue weighted by atomic mass is 16.6. The minimum absolute atomic E-state index is 0.184. The lowest BCUT2D eigenvalue weighted by atomic mass is 10.1. The fourth-order valence-electron chi connectivity index (χ4n) is 2.42. The highest BCUT2D eigenvalue weighted by Gasteiger charge is 2.23. The van der Waals surface area contributed by atoms with Crippen molar-refractivity contribution in [1.82, 2.24) is 9.88 Å². The number of rotatable bonds is 3. The second-order valence-corrected chi connectivity index (χ2v) is 4.90. The van der Waals surface area contributed by atoms with Gasteiger partial charge in [-0.25, -0.2) is 0 Å². The van der Waals surface area contributed by atoms with Crippen molar-refractivity contribution in [3.8, 4) is 0 Å². The zero-order valence-electron chi connectivity index (χ0n) is 10.7. The minimum Gasteiger partial charge on any atom is -0.326 e. The molecule has 0 bridgehead atoms. The number of aromatic nitrogens is 1. The zero-order valence-corrected chi connectivity index (χ0v) is 10.7. The highest BCUT2D eigenvalue weighted by Crippen LogP contribution is 2.25. The molecule has 0 aliphatic carbocycles. The van der Waals surface area contributed by atoms with Crippen LogP contribution in [-0.2, 0) is 6.54 Å². The molecule has 98 valence electrons. The van der Waals surface area contributed by atoms with Gasteiger partial charge in [-0.3, -0.25) is 20.0 Å². The molecule has 0 aromatic carbocycles. The SMILES string of the molecule is Cc1cnc(CN2CC[C@@H](N)C2)c(C)c1[N+](=O)[O-]. The number of nitro groups is 1. The number of nitrogens with two attached hydrogens (primary N) is 1. The summed E-state index contributed by atoms with van der Waals surface area (Å²) in [4.78, 5) is 17.2. The zero-order chi connectivity index (χ0) is 13.3. The molecule has 0 radical (unpaired) electrons. The van der Waals surface area contributed by atoms with E-state index in [1.807, 2.05) is 0 Å². The Balaban J connectivity index is 2.24. The van der Waals surface area contributed by atoms with Gasteiger partial charge < -0.3 is 5.73 Å². The molecular formula is C12H18N4O2. The van der Waals surface area contributed by atoms with Gasteiger partial charge >= 0.3 is 0 Å². The van der Waals surface area contributed by atoms with E-state index in [0.717, 1.165) is 25.2 Å². The van der Waals surface area contributed by atoms with E-state index in [4.69, 9.17) is 5.73 Å². The molecule has 6 nitrogen and oxygen atoms in total. The summed E-state index contributed by atoms with van der Waals surface area (Å²) in [6, 6.07) is 0.214. The molecule has 0 amide bonds. The lowest BCUT2D eigenvalue weighted by molar-refractivity contribution is -0.386. The summed E-state index contributed by atoms with van der Waals surface area (Å²) in [5.74, 6) is 0. The second kappa shape index (κ2) is 4.99. The molecule has 1 atom stereocenters. The van der Waals surface area contributed by atoms with Crippen LogP contribution in [0.4, 0.5) is 5.69 Å². The Bertz CT molecular complexity index is 475. The third-order valence-electron chi connectivity index (χ3n) is 3.44. The summed E-state index contributed by atoms with van der Waals surface area (Å²) < 4.78 is 0. The molecule has 2 rings (SSSR count).